The Balaban J connectivity index is 1.86. The maximum Gasteiger partial charge on any atom is 0.129 e. The SMILES string of the molecule is Cc1cccc(CO)c1OCc1cc(Br)cc2c1OCC2. The van der Waals surface area contributed by atoms with Crippen LogP contribution in [0.5, 0.6) is 11.5 Å². The van der Waals surface area contributed by atoms with Gasteiger partial charge in [-0.05, 0) is 30.2 Å². The average molecular weight is 349 g/mol. The molecule has 1 aliphatic heterocycles. The van der Waals surface area contributed by atoms with E-state index in [-0.39, 0.29) is 6.61 Å². The summed E-state index contributed by atoms with van der Waals surface area (Å²) in [6.45, 7) is 3.12. The molecule has 0 aromatic heterocycles. The first-order valence-corrected chi connectivity index (χ1v) is 7.74. The number of aliphatic hydroxyl groups is 1. The van der Waals surface area contributed by atoms with E-state index in [0.717, 1.165) is 45.7 Å². The third-order valence-corrected chi connectivity index (χ3v) is 4.12. The maximum absolute atomic E-state index is 9.43. The van der Waals surface area contributed by atoms with Crippen molar-refractivity contribution < 1.29 is 14.6 Å². The largest absolute Gasteiger partial charge is 0.493 e. The summed E-state index contributed by atoms with van der Waals surface area (Å²) in [4.78, 5) is 0. The molecule has 110 valence electrons. The first-order chi connectivity index (χ1) is 10.2. The van der Waals surface area contributed by atoms with E-state index in [0.29, 0.717) is 6.61 Å². The topological polar surface area (TPSA) is 38.7 Å². The minimum absolute atomic E-state index is 0.0237. The smallest absolute Gasteiger partial charge is 0.129 e. The van der Waals surface area contributed by atoms with E-state index in [4.69, 9.17) is 9.47 Å². The number of aryl methyl sites for hydroxylation is 1. The van der Waals surface area contributed by atoms with Crippen molar-refractivity contribution in [2.24, 2.45) is 0 Å². The van der Waals surface area contributed by atoms with Crippen LogP contribution in [0.1, 0.15) is 22.3 Å². The molecule has 21 heavy (non-hydrogen) atoms. The third-order valence-electron chi connectivity index (χ3n) is 3.66. The zero-order valence-electron chi connectivity index (χ0n) is 11.9. The van der Waals surface area contributed by atoms with Crippen molar-refractivity contribution in [2.45, 2.75) is 26.6 Å². The maximum atomic E-state index is 9.43. The van der Waals surface area contributed by atoms with Gasteiger partial charge in [-0.25, -0.2) is 0 Å². The molecule has 3 nitrogen and oxygen atoms in total. The first kappa shape index (κ1) is 14.4. The summed E-state index contributed by atoms with van der Waals surface area (Å²) in [7, 11) is 0. The van der Waals surface area contributed by atoms with Crippen LogP contribution in [0.25, 0.3) is 0 Å². The van der Waals surface area contributed by atoms with Gasteiger partial charge in [0.25, 0.3) is 0 Å². The summed E-state index contributed by atoms with van der Waals surface area (Å²) in [5.41, 5.74) is 4.08. The molecule has 0 saturated heterocycles. The van der Waals surface area contributed by atoms with Crippen molar-refractivity contribution in [1.29, 1.82) is 0 Å². The summed E-state index contributed by atoms with van der Waals surface area (Å²) in [5, 5.41) is 9.43. The van der Waals surface area contributed by atoms with Crippen molar-refractivity contribution >= 4 is 15.9 Å². The van der Waals surface area contributed by atoms with Crippen LogP contribution in [0.2, 0.25) is 0 Å². The second-order valence-electron chi connectivity index (χ2n) is 5.16. The number of para-hydroxylation sites is 1. The summed E-state index contributed by atoms with van der Waals surface area (Å²) in [6.07, 6.45) is 0.939. The van der Waals surface area contributed by atoms with Crippen molar-refractivity contribution in [2.75, 3.05) is 6.61 Å². The normalized spacial score (nSPS) is 12.9. The molecule has 0 aliphatic carbocycles. The van der Waals surface area contributed by atoms with Crippen LogP contribution in [0, 0.1) is 6.92 Å². The van der Waals surface area contributed by atoms with Crippen molar-refractivity contribution in [3.8, 4) is 11.5 Å². The average Bonchev–Trinajstić information content (AvgIpc) is 2.93. The molecule has 1 aliphatic rings. The van der Waals surface area contributed by atoms with E-state index in [1.54, 1.807) is 0 Å². The zero-order chi connectivity index (χ0) is 14.8. The summed E-state index contributed by atoms with van der Waals surface area (Å²) in [6, 6.07) is 9.91. The highest BCUT2D eigenvalue weighted by atomic mass is 79.9. The molecule has 2 aromatic carbocycles. The highest BCUT2D eigenvalue weighted by Crippen LogP contribution is 2.34. The molecule has 4 heteroatoms. The Kier molecular flexibility index (Phi) is 4.17. The van der Waals surface area contributed by atoms with Crippen LogP contribution >= 0.6 is 15.9 Å². The van der Waals surface area contributed by atoms with Gasteiger partial charge in [-0.2, -0.15) is 0 Å². The number of rotatable bonds is 4. The Labute approximate surface area is 132 Å². The van der Waals surface area contributed by atoms with Gasteiger partial charge in [0.05, 0.1) is 13.2 Å². The molecular formula is C17H17BrO3. The van der Waals surface area contributed by atoms with Gasteiger partial charge in [-0.3, -0.25) is 0 Å². The van der Waals surface area contributed by atoms with Crippen molar-refractivity contribution in [3.63, 3.8) is 0 Å². The summed E-state index contributed by atoms with van der Waals surface area (Å²) in [5.74, 6) is 1.70. The first-order valence-electron chi connectivity index (χ1n) is 6.95. The number of halogens is 1. The molecule has 0 atom stereocenters. The highest BCUT2D eigenvalue weighted by molar-refractivity contribution is 9.10. The predicted octanol–water partition coefficient (Wildman–Crippen LogP) is 3.76. The van der Waals surface area contributed by atoms with Crippen LogP contribution in [0.15, 0.2) is 34.8 Å². The number of ether oxygens (including phenoxy) is 2. The fraction of sp³-hybridized carbons (Fsp3) is 0.294. The monoisotopic (exact) mass is 348 g/mol. The summed E-state index contributed by atoms with van der Waals surface area (Å²) < 4.78 is 12.7. The third kappa shape index (κ3) is 2.92. The van der Waals surface area contributed by atoms with Crippen LogP contribution in [0.3, 0.4) is 0 Å². The van der Waals surface area contributed by atoms with Crippen molar-refractivity contribution in [1.82, 2.24) is 0 Å². The minimum atomic E-state index is -0.0237. The van der Waals surface area contributed by atoms with Gasteiger partial charge in [0.15, 0.2) is 0 Å². The zero-order valence-corrected chi connectivity index (χ0v) is 13.4. The molecule has 0 spiro atoms. The minimum Gasteiger partial charge on any atom is -0.493 e. The van der Waals surface area contributed by atoms with Gasteiger partial charge >= 0.3 is 0 Å². The van der Waals surface area contributed by atoms with Crippen LogP contribution in [-0.2, 0) is 19.6 Å². The Bertz CT molecular complexity index is 667. The second kappa shape index (κ2) is 6.08. The van der Waals surface area contributed by atoms with Gasteiger partial charge in [0.1, 0.15) is 18.1 Å². The number of benzene rings is 2. The molecule has 0 amide bonds. The van der Waals surface area contributed by atoms with E-state index < -0.39 is 0 Å². The number of aliphatic hydroxyl groups excluding tert-OH is 1. The van der Waals surface area contributed by atoms with Gasteiger partial charge in [0.2, 0.25) is 0 Å². The Hall–Kier alpha value is -1.52. The fourth-order valence-corrected chi connectivity index (χ4v) is 3.20. The number of hydrogen-bond acceptors (Lipinski definition) is 3. The fourth-order valence-electron chi connectivity index (χ4n) is 2.65. The molecule has 1 heterocycles. The Morgan fingerprint density at radius 3 is 2.95 bits per heavy atom. The van der Waals surface area contributed by atoms with Gasteiger partial charge < -0.3 is 14.6 Å². The van der Waals surface area contributed by atoms with E-state index in [9.17, 15) is 5.11 Å². The molecule has 0 bridgehead atoms. The summed E-state index contributed by atoms with van der Waals surface area (Å²) >= 11 is 3.53. The second-order valence-corrected chi connectivity index (χ2v) is 6.08. The van der Waals surface area contributed by atoms with Crippen LogP contribution < -0.4 is 9.47 Å². The predicted molar refractivity (Wildman–Crippen MR) is 84.8 cm³/mol. The quantitative estimate of drug-likeness (QED) is 0.913. The lowest BCUT2D eigenvalue weighted by Gasteiger charge is -2.15. The Morgan fingerprint density at radius 1 is 1.29 bits per heavy atom. The lowest BCUT2D eigenvalue weighted by atomic mass is 10.1. The van der Waals surface area contributed by atoms with E-state index in [2.05, 4.69) is 22.0 Å². The van der Waals surface area contributed by atoms with E-state index in [1.165, 1.54) is 5.56 Å². The standard InChI is InChI=1S/C17H17BrO3/c1-11-3-2-4-13(9-19)16(11)21-10-14-8-15(18)7-12-5-6-20-17(12)14/h2-4,7-8,19H,5-6,9-10H2,1H3. The van der Waals surface area contributed by atoms with Gasteiger partial charge in [0, 0.05) is 22.0 Å². The molecule has 1 N–H and O–H groups in total. The molecular weight excluding hydrogens is 332 g/mol. The highest BCUT2D eigenvalue weighted by Gasteiger charge is 2.18. The Morgan fingerprint density at radius 2 is 2.14 bits per heavy atom. The number of hydrogen-bond donors (Lipinski definition) is 1. The molecule has 3 rings (SSSR count). The number of fused-ring (bicyclic) bond motifs is 1. The van der Waals surface area contributed by atoms with Gasteiger partial charge in [-0.1, -0.05) is 34.1 Å². The molecule has 0 radical (unpaired) electrons. The van der Waals surface area contributed by atoms with E-state index in [1.807, 2.05) is 31.2 Å². The van der Waals surface area contributed by atoms with E-state index >= 15 is 0 Å². The lowest BCUT2D eigenvalue weighted by molar-refractivity contribution is 0.255. The van der Waals surface area contributed by atoms with Crippen LogP contribution in [0.4, 0.5) is 0 Å². The lowest BCUT2D eigenvalue weighted by Crippen LogP contribution is -2.02. The molecule has 2 aromatic rings. The molecule has 0 saturated carbocycles. The van der Waals surface area contributed by atoms with Gasteiger partial charge in [-0.15, -0.1) is 0 Å². The molecule has 0 fully saturated rings. The van der Waals surface area contributed by atoms with Crippen molar-refractivity contribution in [3.05, 3.63) is 57.1 Å². The molecule has 0 unspecified atom stereocenters. The van der Waals surface area contributed by atoms with Crippen LogP contribution in [-0.4, -0.2) is 11.7 Å².